The number of para-hydroxylation sites is 1. The van der Waals surface area contributed by atoms with Crippen molar-refractivity contribution in [2.45, 2.75) is 12.0 Å². The Bertz CT molecular complexity index is 841. The monoisotopic (exact) mass is 333 g/mol. The molecule has 25 heavy (non-hydrogen) atoms. The summed E-state index contributed by atoms with van der Waals surface area (Å²) in [6.07, 6.45) is 4.38. The fraction of sp³-hybridized carbons (Fsp3) is 0.143. The Morgan fingerprint density at radius 2 is 1.80 bits per heavy atom. The fourth-order valence-electron chi connectivity index (χ4n) is 3.05. The van der Waals surface area contributed by atoms with Crippen LogP contribution in [0.3, 0.4) is 0 Å². The molecule has 1 amide bonds. The molecule has 0 saturated heterocycles. The predicted octanol–water partition coefficient (Wildman–Crippen LogP) is 3.08. The van der Waals surface area contributed by atoms with Crippen LogP contribution in [0.1, 0.15) is 17.5 Å². The van der Waals surface area contributed by atoms with E-state index in [0.29, 0.717) is 11.3 Å². The number of benzene rings is 2. The molecule has 0 fully saturated rings. The number of amides is 1. The molecule has 1 aliphatic heterocycles. The first-order valence-corrected chi connectivity index (χ1v) is 8.07. The Hall–Kier alpha value is -2.98. The van der Waals surface area contributed by atoms with E-state index in [-0.39, 0.29) is 18.7 Å². The molecule has 4 heteroatoms. The molecule has 126 valence electrons. The van der Waals surface area contributed by atoms with Gasteiger partial charge in [-0.3, -0.25) is 9.59 Å². The highest BCUT2D eigenvalue weighted by molar-refractivity contribution is 6.10. The molecule has 1 aliphatic rings. The Kier molecular flexibility index (Phi) is 4.63. The van der Waals surface area contributed by atoms with Crippen molar-refractivity contribution < 1.29 is 14.7 Å². The summed E-state index contributed by atoms with van der Waals surface area (Å²) in [6.45, 7) is 3.93. The third-order valence-corrected chi connectivity index (χ3v) is 4.24. The third-order valence-electron chi connectivity index (χ3n) is 4.24. The number of carbonyl (C=O) groups is 2. The number of hydrogen-bond acceptors (Lipinski definition) is 3. The minimum absolute atomic E-state index is 0.284. The summed E-state index contributed by atoms with van der Waals surface area (Å²) < 4.78 is 0. The fourth-order valence-corrected chi connectivity index (χ4v) is 3.05. The van der Waals surface area contributed by atoms with Crippen LogP contribution in [-0.2, 0) is 15.2 Å². The second kappa shape index (κ2) is 6.87. The SMILES string of the molecule is C=CCN1C(=O)[C@@](O)(CC(=O)/C=C\c2ccccc2)c2ccccc21. The molecule has 2 aromatic rings. The number of aliphatic hydroxyl groups is 1. The lowest BCUT2D eigenvalue weighted by Gasteiger charge is -2.21. The largest absolute Gasteiger partial charge is 0.375 e. The van der Waals surface area contributed by atoms with Gasteiger partial charge in [-0.25, -0.2) is 0 Å². The average Bonchev–Trinajstić information content (AvgIpc) is 2.83. The van der Waals surface area contributed by atoms with E-state index in [4.69, 9.17) is 0 Å². The van der Waals surface area contributed by atoms with Crippen molar-refractivity contribution >= 4 is 23.5 Å². The van der Waals surface area contributed by atoms with Gasteiger partial charge in [0.1, 0.15) is 0 Å². The molecular weight excluding hydrogens is 314 g/mol. The van der Waals surface area contributed by atoms with E-state index >= 15 is 0 Å². The smallest absolute Gasteiger partial charge is 0.264 e. The summed E-state index contributed by atoms with van der Waals surface area (Å²) in [5.41, 5.74) is 0.130. The summed E-state index contributed by atoms with van der Waals surface area (Å²) >= 11 is 0. The van der Waals surface area contributed by atoms with E-state index < -0.39 is 11.5 Å². The first-order chi connectivity index (χ1) is 12.1. The van der Waals surface area contributed by atoms with Crippen LogP contribution in [0, 0.1) is 0 Å². The highest BCUT2D eigenvalue weighted by atomic mass is 16.3. The van der Waals surface area contributed by atoms with Gasteiger partial charge in [-0.15, -0.1) is 6.58 Å². The van der Waals surface area contributed by atoms with Gasteiger partial charge in [0, 0.05) is 12.1 Å². The van der Waals surface area contributed by atoms with Gasteiger partial charge in [0.25, 0.3) is 5.91 Å². The maximum Gasteiger partial charge on any atom is 0.264 e. The summed E-state index contributed by atoms with van der Waals surface area (Å²) in [4.78, 5) is 26.6. The van der Waals surface area contributed by atoms with E-state index in [1.807, 2.05) is 30.3 Å². The lowest BCUT2D eigenvalue weighted by Crippen LogP contribution is -2.41. The average molecular weight is 333 g/mol. The molecule has 0 spiro atoms. The van der Waals surface area contributed by atoms with Crippen molar-refractivity contribution in [3.05, 3.63) is 84.5 Å². The first kappa shape index (κ1) is 16.9. The van der Waals surface area contributed by atoms with Crippen LogP contribution in [0.2, 0.25) is 0 Å². The van der Waals surface area contributed by atoms with Crippen molar-refractivity contribution in [2.24, 2.45) is 0 Å². The number of carbonyl (C=O) groups excluding carboxylic acids is 2. The van der Waals surface area contributed by atoms with E-state index in [1.54, 1.807) is 36.4 Å². The standard InChI is InChI=1S/C21H19NO3/c1-2-14-22-19-11-7-6-10-18(19)21(25,20(22)24)15-17(23)13-12-16-8-4-3-5-9-16/h2-13,25H,1,14-15H2/b13-12-/t21-/m1/s1. The van der Waals surface area contributed by atoms with Gasteiger partial charge in [-0.2, -0.15) is 0 Å². The maximum atomic E-state index is 12.7. The van der Waals surface area contributed by atoms with Crippen LogP contribution < -0.4 is 4.90 Å². The van der Waals surface area contributed by atoms with Crippen LogP contribution in [-0.4, -0.2) is 23.3 Å². The Morgan fingerprint density at radius 1 is 1.12 bits per heavy atom. The quantitative estimate of drug-likeness (QED) is 0.653. The van der Waals surface area contributed by atoms with Gasteiger partial charge in [-0.1, -0.05) is 60.7 Å². The number of allylic oxidation sites excluding steroid dienone is 1. The van der Waals surface area contributed by atoms with Gasteiger partial charge >= 0.3 is 0 Å². The molecule has 0 unspecified atom stereocenters. The number of rotatable bonds is 6. The van der Waals surface area contributed by atoms with Crippen molar-refractivity contribution in [1.29, 1.82) is 0 Å². The van der Waals surface area contributed by atoms with Crippen LogP contribution >= 0.6 is 0 Å². The van der Waals surface area contributed by atoms with Gasteiger partial charge in [0.2, 0.25) is 0 Å². The second-order valence-corrected chi connectivity index (χ2v) is 5.97. The number of anilines is 1. The van der Waals surface area contributed by atoms with Crippen LogP contribution in [0.4, 0.5) is 5.69 Å². The molecule has 0 aromatic heterocycles. The zero-order valence-electron chi connectivity index (χ0n) is 13.8. The number of fused-ring (bicyclic) bond motifs is 1. The molecule has 0 radical (unpaired) electrons. The van der Waals surface area contributed by atoms with Crippen molar-refractivity contribution in [1.82, 2.24) is 0 Å². The highest BCUT2D eigenvalue weighted by Gasteiger charge is 2.50. The molecule has 0 aliphatic carbocycles. The van der Waals surface area contributed by atoms with E-state index in [9.17, 15) is 14.7 Å². The predicted molar refractivity (Wildman–Crippen MR) is 98.0 cm³/mol. The molecule has 1 N–H and O–H groups in total. The minimum atomic E-state index is -1.84. The zero-order valence-corrected chi connectivity index (χ0v) is 13.8. The Morgan fingerprint density at radius 3 is 2.52 bits per heavy atom. The molecule has 4 nitrogen and oxygen atoms in total. The highest BCUT2D eigenvalue weighted by Crippen LogP contribution is 2.42. The minimum Gasteiger partial charge on any atom is -0.375 e. The number of nitrogens with zero attached hydrogens (tertiary/aromatic N) is 1. The van der Waals surface area contributed by atoms with E-state index in [2.05, 4.69) is 6.58 Å². The third kappa shape index (κ3) is 3.16. The molecule has 3 rings (SSSR count). The zero-order chi connectivity index (χ0) is 17.9. The van der Waals surface area contributed by atoms with E-state index in [1.165, 1.54) is 11.0 Å². The van der Waals surface area contributed by atoms with Gasteiger partial charge in [0.15, 0.2) is 11.4 Å². The maximum absolute atomic E-state index is 12.7. The molecule has 0 bridgehead atoms. The lowest BCUT2D eigenvalue weighted by atomic mass is 9.89. The van der Waals surface area contributed by atoms with Gasteiger partial charge in [-0.05, 0) is 17.7 Å². The van der Waals surface area contributed by atoms with Gasteiger partial charge < -0.3 is 10.0 Å². The second-order valence-electron chi connectivity index (χ2n) is 5.97. The Balaban J connectivity index is 1.85. The number of ketones is 1. The normalized spacial score (nSPS) is 19.2. The van der Waals surface area contributed by atoms with Crippen molar-refractivity contribution in [3.63, 3.8) is 0 Å². The van der Waals surface area contributed by atoms with Crippen LogP contribution in [0.25, 0.3) is 6.08 Å². The lowest BCUT2D eigenvalue weighted by molar-refractivity contribution is -0.140. The molecular formula is C21H19NO3. The van der Waals surface area contributed by atoms with Gasteiger partial charge in [0.05, 0.1) is 12.1 Å². The Labute approximate surface area is 146 Å². The molecule has 1 heterocycles. The van der Waals surface area contributed by atoms with E-state index in [0.717, 1.165) is 5.56 Å². The number of hydrogen-bond donors (Lipinski definition) is 1. The molecule has 1 atom stereocenters. The van der Waals surface area contributed by atoms with Crippen LogP contribution in [0.5, 0.6) is 0 Å². The molecule has 2 aromatic carbocycles. The summed E-state index contributed by atoms with van der Waals surface area (Å²) in [6, 6.07) is 16.4. The first-order valence-electron chi connectivity index (χ1n) is 8.07. The van der Waals surface area contributed by atoms with Crippen molar-refractivity contribution in [3.8, 4) is 0 Å². The summed E-state index contributed by atoms with van der Waals surface area (Å²) in [5, 5.41) is 11.0. The van der Waals surface area contributed by atoms with Crippen LogP contribution in [0.15, 0.2) is 73.3 Å². The molecule has 0 saturated carbocycles. The summed E-state index contributed by atoms with van der Waals surface area (Å²) in [7, 11) is 0. The summed E-state index contributed by atoms with van der Waals surface area (Å²) in [5.74, 6) is -0.801. The van der Waals surface area contributed by atoms with Crippen molar-refractivity contribution in [2.75, 3.05) is 11.4 Å². The topological polar surface area (TPSA) is 57.6 Å².